The maximum absolute atomic E-state index is 11.8. The van der Waals surface area contributed by atoms with Gasteiger partial charge in [0.2, 0.25) is 0 Å². The van der Waals surface area contributed by atoms with Crippen LogP contribution in [-0.2, 0) is 15.5 Å². The second-order valence-corrected chi connectivity index (χ2v) is 6.14. The predicted molar refractivity (Wildman–Crippen MR) is 53.7 cm³/mol. The maximum Gasteiger partial charge on any atom is 0.141 e. The van der Waals surface area contributed by atoms with Gasteiger partial charge in [-0.15, -0.1) is 0 Å². The van der Waals surface area contributed by atoms with E-state index < -0.39 is 16.1 Å². The molecule has 3 nitrogen and oxygen atoms in total. The molecule has 0 aliphatic heterocycles. The van der Waals surface area contributed by atoms with Crippen LogP contribution in [0.5, 0.6) is 0 Å². The van der Waals surface area contributed by atoms with Gasteiger partial charge in [0.05, 0.1) is 5.75 Å². The fraction of sp³-hybridized carbons (Fsp3) is 0.900. The van der Waals surface area contributed by atoms with E-state index in [1.165, 1.54) is 0 Å². The van der Waals surface area contributed by atoms with Gasteiger partial charge in [-0.1, -0.05) is 13.8 Å². The van der Waals surface area contributed by atoms with Crippen LogP contribution >= 0.6 is 0 Å². The predicted octanol–water partition coefficient (Wildman–Crippen LogP) is 0.993. The Balaban J connectivity index is 2.44. The minimum absolute atomic E-state index is 0.0602. The zero-order valence-corrected chi connectivity index (χ0v) is 9.47. The van der Waals surface area contributed by atoms with E-state index in [0.717, 1.165) is 12.8 Å². The van der Waals surface area contributed by atoms with E-state index >= 15 is 0 Å². The molecule has 0 aromatic carbocycles. The lowest BCUT2D eigenvalue weighted by Gasteiger charge is -2.34. The quantitative estimate of drug-likeness (QED) is 0.700. The van der Waals surface area contributed by atoms with E-state index in [1.54, 1.807) is 0 Å². The molecule has 2 aliphatic carbocycles. The summed E-state index contributed by atoms with van der Waals surface area (Å²) < 4.78 is 21.7. The van der Waals surface area contributed by atoms with Gasteiger partial charge in [-0.25, -0.2) is 8.42 Å². The first-order chi connectivity index (χ1) is 6.40. The summed E-state index contributed by atoms with van der Waals surface area (Å²) in [4.78, 5) is 11.8. The first-order valence-electron chi connectivity index (χ1n) is 5.05. The molecule has 80 valence electrons. The minimum Gasteiger partial charge on any atom is -0.299 e. The molecule has 2 aliphatic rings. The van der Waals surface area contributed by atoms with Gasteiger partial charge in [0.1, 0.15) is 16.5 Å². The van der Waals surface area contributed by atoms with Crippen LogP contribution in [0.3, 0.4) is 0 Å². The average molecular weight is 216 g/mol. The summed E-state index contributed by atoms with van der Waals surface area (Å²) in [5.41, 5.74) is -0.660. The third-order valence-electron chi connectivity index (χ3n) is 4.54. The van der Waals surface area contributed by atoms with Crippen LogP contribution in [0.15, 0.2) is 0 Å². The first-order valence-corrected chi connectivity index (χ1v) is 6.41. The standard InChI is InChI=1S/C10H16O3S/c1-9(2)7-3-4-10(9,6-14(12)13)8(11)5-7/h7,14H,3-6H2,1-2H3/t7-,10?/m0/s1. The molecule has 0 heterocycles. The molecule has 2 saturated carbocycles. The van der Waals surface area contributed by atoms with E-state index in [-0.39, 0.29) is 17.0 Å². The van der Waals surface area contributed by atoms with Gasteiger partial charge in [-0.05, 0) is 24.2 Å². The number of hydrogen-bond donors (Lipinski definition) is 1. The van der Waals surface area contributed by atoms with E-state index in [1.807, 2.05) is 0 Å². The lowest BCUT2D eigenvalue weighted by atomic mass is 9.70. The number of carbonyl (C=O) groups is 1. The number of Topliss-reactive ketones (excluding diaryl/α,β-unsaturated/α-hetero) is 1. The Morgan fingerprint density at radius 3 is 2.43 bits per heavy atom. The second kappa shape index (κ2) is 2.81. The zero-order chi connectivity index (χ0) is 10.6. The van der Waals surface area contributed by atoms with Gasteiger partial charge in [-0.2, -0.15) is 0 Å². The molecule has 0 radical (unpaired) electrons. The summed E-state index contributed by atoms with van der Waals surface area (Å²) in [5.74, 6) is 0.646. The Labute approximate surface area is 85.8 Å². The highest BCUT2D eigenvalue weighted by molar-refractivity contribution is 7.72. The number of hydrogen-bond acceptors (Lipinski definition) is 3. The molecule has 0 spiro atoms. The third-order valence-corrected chi connectivity index (χ3v) is 5.34. The van der Waals surface area contributed by atoms with Crippen molar-refractivity contribution in [1.82, 2.24) is 0 Å². The molecule has 0 saturated heterocycles. The van der Waals surface area contributed by atoms with Crippen LogP contribution < -0.4 is 0 Å². The Kier molecular flexibility index (Phi) is 2.04. The van der Waals surface area contributed by atoms with E-state index in [9.17, 15) is 13.2 Å². The summed E-state index contributed by atoms with van der Waals surface area (Å²) in [7, 11) is -2.45. The molecule has 0 amide bonds. The summed E-state index contributed by atoms with van der Waals surface area (Å²) in [6, 6.07) is 0. The average Bonchev–Trinajstić information content (AvgIpc) is 2.36. The number of ketones is 1. The molecular formula is C10H16O3S. The monoisotopic (exact) mass is 216 g/mol. The highest BCUT2D eigenvalue weighted by atomic mass is 32.2. The highest BCUT2D eigenvalue weighted by Crippen LogP contribution is 2.63. The molecule has 2 bridgehead atoms. The van der Waals surface area contributed by atoms with Crippen LogP contribution in [0.1, 0.15) is 33.1 Å². The molecule has 2 rings (SSSR count). The van der Waals surface area contributed by atoms with Gasteiger partial charge >= 0.3 is 0 Å². The van der Waals surface area contributed by atoms with Gasteiger partial charge in [0, 0.05) is 11.8 Å². The Bertz CT molecular complexity index is 348. The lowest BCUT2D eigenvalue weighted by molar-refractivity contribution is -0.127. The molecule has 0 aromatic rings. The zero-order valence-electron chi connectivity index (χ0n) is 8.58. The normalized spacial score (nSPS) is 39.6. The number of thiol groups is 1. The fourth-order valence-electron chi connectivity index (χ4n) is 3.36. The number of fused-ring (bicyclic) bond motifs is 2. The SMILES string of the molecule is CC1(C)[C@H]2CCC1(C[SH](=O)=O)C(=O)C2. The molecule has 2 fully saturated rings. The molecule has 0 aromatic heterocycles. The number of carbonyl (C=O) groups excluding carboxylic acids is 1. The molecule has 4 heteroatoms. The van der Waals surface area contributed by atoms with Crippen LogP contribution in [0.2, 0.25) is 0 Å². The lowest BCUT2D eigenvalue weighted by Crippen LogP contribution is -2.39. The molecule has 1 unspecified atom stereocenters. The van der Waals surface area contributed by atoms with E-state index in [2.05, 4.69) is 13.8 Å². The van der Waals surface area contributed by atoms with Crippen LogP contribution in [-0.4, -0.2) is 20.0 Å². The van der Waals surface area contributed by atoms with Crippen LogP contribution in [0, 0.1) is 16.7 Å². The minimum atomic E-state index is -2.45. The van der Waals surface area contributed by atoms with Gasteiger partial charge in [-0.3, -0.25) is 4.79 Å². The molecule has 14 heavy (non-hydrogen) atoms. The van der Waals surface area contributed by atoms with Crippen molar-refractivity contribution in [3.63, 3.8) is 0 Å². The van der Waals surface area contributed by atoms with Crippen LogP contribution in [0.4, 0.5) is 0 Å². The number of rotatable bonds is 2. The Hall–Kier alpha value is -0.380. The van der Waals surface area contributed by atoms with Crippen molar-refractivity contribution >= 4 is 16.5 Å². The summed E-state index contributed by atoms with van der Waals surface area (Å²) >= 11 is 0. The van der Waals surface area contributed by atoms with Gasteiger partial charge in [0.15, 0.2) is 0 Å². The third kappa shape index (κ3) is 1.03. The van der Waals surface area contributed by atoms with Crippen molar-refractivity contribution in [1.29, 1.82) is 0 Å². The smallest absolute Gasteiger partial charge is 0.141 e. The Morgan fingerprint density at radius 2 is 2.07 bits per heavy atom. The summed E-state index contributed by atoms with van der Waals surface area (Å²) in [5, 5.41) is 0. The van der Waals surface area contributed by atoms with E-state index in [0.29, 0.717) is 12.3 Å². The summed E-state index contributed by atoms with van der Waals surface area (Å²) in [6.07, 6.45) is 2.38. The summed E-state index contributed by atoms with van der Waals surface area (Å²) in [6.45, 7) is 4.10. The van der Waals surface area contributed by atoms with Crippen molar-refractivity contribution in [2.75, 3.05) is 5.75 Å². The largest absolute Gasteiger partial charge is 0.299 e. The van der Waals surface area contributed by atoms with Crippen molar-refractivity contribution in [2.45, 2.75) is 33.1 Å². The topological polar surface area (TPSA) is 51.2 Å². The van der Waals surface area contributed by atoms with Crippen molar-refractivity contribution in [3.05, 3.63) is 0 Å². The first kappa shape index (κ1) is 10.1. The fourth-order valence-corrected chi connectivity index (χ4v) is 4.54. The van der Waals surface area contributed by atoms with Crippen LogP contribution in [0.25, 0.3) is 0 Å². The molecular weight excluding hydrogens is 200 g/mol. The molecule has 2 atom stereocenters. The Morgan fingerprint density at radius 1 is 1.43 bits per heavy atom. The van der Waals surface area contributed by atoms with Crippen molar-refractivity contribution < 1.29 is 13.2 Å². The highest BCUT2D eigenvalue weighted by Gasteiger charge is 2.64. The second-order valence-electron chi connectivity index (χ2n) is 5.16. The molecule has 0 N–H and O–H groups in total. The van der Waals surface area contributed by atoms with Crippen molar-refractivity contribution in [3.8, 4) is 0 Å². The van der Waals surface area contributed by atoms with E-state index in [4.69, 9.17) is 0 Å². The van der Waals surface area contributed by atoms with Gasteiger partial charge in [0.25, 0.3) is 0 Å². The maximum atomic E-state index is 11.8. The van der Waals surface area contributed by atoms with Crippen molar-refractivity contribution in [2.24, 2.45) is 16.7 Å². The van der Waals surface area contributed by atoms with Gasteiger partial charge < -0.3 is 0 Å².